The molecule has 1 N–H and O–H groups in total. The van der Waals surface area contributed by atoms with Gasteiger partial charge in [-0.2, -0.15) is 10.2 Å². The summed E-state index contributed by atoms with van der Waals surface area (Å²) in [6.45, 7) is 4.85. The standard InChI is InChI=1S/C12H19N3O/c1-2-13-12(10-5-6-14-15-8-10)11-4-3-7-16-9-11/h5-6,8,11-13H,2-4,7,9H2,1H3. The van der Waals surface area contributed by atoms with Crippen LogP contribution in [0.2, 0.25) is 0 Å². The summed E-state index contributed by atoms with van der Waals surface area (Å²) in [5, 5.41) is 11.3. The maximum atomic E-state index is 5.55. The van der Waals surface area contributed by atoms with E-state index in [1.165, 1.54) is 12.0 Å². The van der Waals surface area contributed by atoms with Gasteiger partial charge >= 0.3 is 0 Å². The Bertz CT molecular complexity index is 298. The van der Waals surface area contributed by atoms with E-state index in [9.17, 15) is 0 Å². The summed E-state index contributed by atoms with van der Waals surface area (Å²) in [7, 11) is 0. The molecule has 1 saturated heterocycles. The molecule has 0 amide bonds. The third-order valence-electron chi connectivity index (χ3n) is 3.06. The maximum absolute atomic E-state index is 5.55. The Kier molecular flexibility index (Phi) is 4.25. The van der Waals surface area contributed by atoms with Gasteiger partial charge in [0, 0.05) is 24.8 Å². The van der Waals surface area contributed by atoms with E-state index in [2.05, 4.69) is 22.4 Å². The molecule has 4 heteroatoms. The lowest BCUT2D eigenvalue weighted by molar-refractivity contribution is 0.0392. The number of rotatable bonds is 4. The monoisotopic (exact) mass is 221 g/mol. The van der Waals surface area contributed by atoms with E-state index in [-0.39, 0.29) is 0 Å². The lowest BCUT2D eigenvalue weighted by Crippen LogP contribution is -2.33. The fraction of sp³-hybridized carbons (Fsp3) is 0.667. The number of hydrogen-bond donors (Lipinski definition) is 1. The van der Waals surface area contributed by atoms with Gasteiger partial charge in [0.1, 0.15) is 0 Å². The first-order chi connectivity index (χ1) is 7.92. The van der Waals surface area contributed by atoms with Crippen LogP contribution in [0.5, 0.6) is 0 Å². The van der Waals surface area contributed by atoms with Gasteiger partial charge in [0.05, 0.1) is 12.8 Å². The van der Waals surface area contributed by atoms with Gasteiger partial charge in [-0.05, 0) is 31.0 Å². The molecule has 1 aromatic heterocycles. The Morgan fingerprint density at radius 3 is 3.12 bits per heavy atom. The van der Waals surface area contributed by atoms with Crippen LogP contribution in [0, 0.1) is 5.92 Å². The highest BCUT2D eigenvalue weighted by atomic mass is 16.5. The summed E-state index contributed by atoms with van der Waals surface area (Å²) in [5.41, 5.74) is 1.22. The Hall–Kier alpha value is -1.00. The minimum absolute atomic E-state index is 0.348. The SMILES string of the molecule is CCNC(c1ccnnc1)C1CCCOC1. The molecule has 0 aliphatic carbocycles. The van der Waals surface area contributed by atoms with Gasteiger partial charge in [0.2, 0.25) is 0 Å². The van der Waals surface area contributed by atoms with Crippen LogP contribution in [0.4, 0.5) is 0 Å². The minimum Gasteiger partial charge on any atom is -0.381 e. The molecule has 0 spiro atoms. The first-order valence-electron chi connectivity index (χ1n) is 5.99. The van der Waals surface area contributed by atoms with Crippen LogP contribution in [0.15, 0.2) is 18.5 Å². The largest absolute Gasteiger partial charge is 0.381 e. The summed E-state index contributed by atoms with van der Waals surface area (Å²) in [4.78, 5) is 0. The molecule has 2 unspecified atom stereocenters. The lowest BCUT2D eigenvalue weighted by atomic mass is 9.89. The number of hydrogen-bond acceptors (Lipinski definition) is 4. The van der Waals surface area contributed by atoms with E-state index in [0.29, 0.717) is 12.0 Å². The molecule has 1 aliphatic rings. The fourth-order valence-electron chi connectivity index (χ4n) is 2.29. The molecule has 88 valence electrons. The van der Waals surface area contributed by atoms with Crippen molar-refractivity contribution in [2.75, 3.05) is 19.8 Å². The molecule has 2 rings (SSSR count). The van der Waals surface area contributed by atoms with Crippen molar-refractivity contribution in [2.45, 2.75) is 25.8 Å². The van der Waals surface area contributed by atoms with Crippen molar-refractivity contribution in [2.24, 2.45) is 5.92 Å². The summed E-state index contributed by atoms with van der Waals surface area (Å²) < 4.78 is 5.55. The van der Waals surface area contributed by atoms with Gasteiger partial charge in [0.15, 0.2) is 0 Å². The van der Waals surface area contributed by atoms with Crippen molar-refractivity contribution in [1.82, 2.24) is 15.5 Å². The predicted molar refractivity (Wildman–Crippen MR) is 62.0 cm³/mol. The van der Waals surface area contributed by atoms with E-state index in [4.69, 9.17) is 4.74 Å². The molecular weight excluding hydrogens is 202 g/mol. The van der Waals surface area contributed by atoms with Crippen molar-refractivity contribution in [3.8, 4) is 0 Å². The van der Waals surface area contributed by atoms with Gasteiger partial charge in [0.25, 0.3) is 0 Å². The first-order valence-corrected chi connectivity index (χ1v) is 5.99. The molecule has 0 saturated carbocycles. The van der Waals surface area contributed by atoms with E-state index < -0.39 is 0 Å². The van der Waals surface area contributed by atoms with Crippen LogP contribution in [-0.2, 0) is 4.74 Å². The molecule has 0 radical (unpaired) electrons. The average molecular weight is 221 g/mol. The maximum Gasteiger partial charge on any atom is 0.0544 e. The summed E-state index contributed by atoms with van der Waals surface area (Å²) in [6.07, 6.45) is 5.98. The summed E-state index contributed by atoms with van der Waals surface area (Å²) >= 11 is 0. The van der Waals surface area contributed by atoms with Crippen LogP contribution in [0.25, 0.3) is 0 Å². The Labute approximate surface area is 96.4 Å². The van der Waals surface area contributed by atoms with Crippen LogP contribution in [0.1, 0.15) is 31.4 Å². The van der Waals surface area contributed by atoms with E-state index in [1.807, 2.05) is 12.3 Å². The topological polar surface area (TPSA) is 47.0 Å². The van der Waals surface area contributed by atoms with Crippen molar-refractivity contribution >= 4 is 0 Å². The highest BCUT2D eigenvalue weighted by Gasteiger charge is 2.24. The zero-order chi connectivity index (χ0) is 11.2. The van der Waals surface area contributed by atoms with Crippen LogP contribution < -0.4 is 5.32 Å². The third-order valence-corrected chi connectivity index (χ3v) is 3.06. The van der Waals surface area contributed by atoms with Gasteiger partial charge in [-0.1, -0.05) is 6.92 Å². The molecule has 16 heavy (non-hydrogen) atoms. The highest BCUT2D eigenvalue weighted by molar-refractivity contribution is 5.13. The second kappa shape index (κ2) is 5.92. The normalized spacial score (nSPS) is 22.9. The summed E-state index contributed by atoms with van der Waals surface area (Å²) in [6, 6.07) is 2.38. The van der Waals surface area contributed by atoms with Crippen molar-refractivity contribution in [1.29, 1.82) is 0 Å². The predicted octanol–water partition coefficient (Wildman–Crippen LogP) is 1.55. The molecule has 2 heterocycles. The minimum atomic E-state index is 0.348. The smallest absolute Gasteiger partial charge is 0.0544 e. The number of nitrogens with zero attached hydrogens (tertiary/aromatic N) is 2. The first kappa shape index (κ1) is 11.5. The highest BCUT2D eigenvalue weighted by Crippen LogP contribution is 2.27. The molecule has 0 bridgehead atoms. The zero-order valence-corrected chi connectivity index (χ0v) is 9.72. The second-order valence-corrected chi connectivity index (χ2v) is 4.19. The van der Waals surface area contributed by atoms with E-state index >= 15 is 0 Å². The van der Waals surface area contributed by atoms with Gasteiger partial charge in [-0.15, -0.1) is 0 Å². The molecular formula is C12H19N3O. The molecule has 1 aromatic rings. The van der Waals surface area contributed by atoms with Gasteiger partial charge in [-0.3, -0.25) is 0 Å². The van der Waals surface area contributed by atoms with Crippen molar-refractivity contribution in [3.05, 3.63) is 24.0 Å². The van der Waals surface area contributed by atoms with Crippen LogP contribution >= 0.6 is 0 Å². The number of aromatic nitrogens is 2. The zero-order valence-electron chi connectivity index (χ0n) is 9.72. The van der Waals surface area contributed by atoms with Crippen molar-refractivity contribution < 1.29 is 4.74 Å². The van der Waals surface area contributed by atoms with Gasteiger partial charge in [-0.25, -0.2) is 0 Å². The molecule has 2 atom stereocenters. The lowest BCUT2D eigenvalue weighted by Gasteiger charge is -2.30. The molecule has 1 aliphatic heterocycles. The van der Waals surface area contributed by atoms with E-state index in [1.54, 1.807) is 6.20 Å². The molecule has 1 fully saturated rings. The quantitative estimate of drug-likeness (QED) is 0.838. The Balaban J connectivity index is 2.09. The molecule has 0 aromatic carbocycles. The number of ether oxygens (including phenoxy) is 1. The average Bonchev–Trinajstić information content (AvgIpc) is 2.38. The summed E-state index contributed by atoms with van der Waals surface area (Å²) in [5.74, 6) is 0.554. The molecule has 4 nitrogen and oxygen atoms in total. The third kappa shape index (κ3) is 2.77. The van der Waals surface area contributed by atoms with E-state index in [0.717, 1.165) is 26.2 Å². The fourth-order valence-corrected chi connectivity index (χ4v) is 2.29. The van der Waals surface area contributed by atoms with Crippen LogP contribution in [0.3, 0.4) is 0 Å². The van der Waals surface area contributed by atoms with Crippen molar-refractivity contribution in [3.63, 3.8) is 0 Å². The second-order valence-electron chi connectivity index (χ2n) is 4.19. The Morgan fingerprint density at radius 1 is 1.56 bits per heavy atom. The van der Waals surface area contributed by atoms with Gasteiger partial charge < -0.3 is 10.1 Å². The Morgan fingerprint density at radius 2 is 2.50 bits per heavy atom. The number of nitrogens with one attached hydrogen (secondary N) is 1. The van der Waals surface area contributed by atoms with Crippen LogP contribution in [-0.4, -0.2) is 30.0 Å².